The van der Waals surface area contributed by atoms with Gasteiger partial charge in [-0.05, 0) is 36.8 Å². The molecule has 1 fully saturated rings. The highest BCUT2D eigenvalue weighted by Crippen LogP contribution is 2.32. The third kappa shape index (κ3) is 4.17. The van der Waals surface area contributed by atoms with E-state index in [1.807, 2.05) is 0 Å². The van der Waals surface area contributed by atoms with Crippen molar-refractivity contribution in [2.24, 2.45) is 11.7 Å². The number of hydrogen-bond donors (Lipinski definition) is 5. The van der Waals surface area contributed by atoms with Gasteiger partial charge in [0, 0.05) is 25.6 Å². The molecule has 1 saturated carbocycles. The number of carbonyl (C=O) groups is 2. The molecule has 8 nitrogen and oxygen atoms in total. The van der Waals surface area contributed by atoms with E-state index in [0.717, 1.165) is 19.4 Å². The Labute approximate surface area is 152 Å². The van der Waals surface area contributed by atoms with Gasteiger partial charge in [0.1, 0.15) is 5.75 Å². The maximum Gasteiger partial charge on any atom is 0.547 e. The second kappa shape index (κ2) is 8.07. The van der Waals surface area contributed by atoms with Crippen molar-refractivity contribution in [1.82, 2.24) is 10.6 Å². The van der Waals surface area contributed by atoms with Gasteiger partial charge in [0.25, 0.3) is 0 Å². The fraction of sp³-hybridized carbons (Fsp3) is 0.529. The number of carbonyl (C=O) groups excluding carboxylic acids is 1. The summed E-state index contributed by atoms with van der Waals surface area (Å²) in [7, 11) is -1.27. The summed E-state index contributed by atoms with van der Waals surface area (Å²) in [5.74, 6) is -1.33. The molecule has 0 saturated heterocycles. The van der Waals surface area contributed by atoms with Crippen LogP contribution in [0.1, 0.15) is 35.2 Å². The van der Waals surface area contributed by atoms with Crippen LogP contribution in [0, 0.1) is 5.92 Å². The van der Waals surface area contributed by atoms with Gasteiger partial charge in [-0.15, -0.1) is 0 Å². The van der Waals surface area contributed by atoms with E-state index < -0.39 is 19.0 Å². The lowest BCUT2D eigenvalue weighted by atomic mass is 9.71. The van der Waals surface area contributed by atoms with E-state index in [9.17, 15) is 19.7 Å². The summed E-state index contributed by atoms with van der Waals surface area (Å²) in [6.45, 7) is 1.39. The number of carboxylic acids is 1. The van der Waals surface area contributed by atoms with E-state index in [-0.39, 0.29) is 17.2 Å². The van der Waals surface area contributed by atoms with Crippen LogP contribution >= 0.6 is 0 Å². The highest BCUT2D eigenvalue weighted by Gasteiger charge is 2.38. The van der Waals surface area contributed by atoms with Crippen molar-refractivity contribution >= 4 is 19.0 Å². The van der Waals surface area contributed by atoms with E-state index >= 15 is 0 Å². The normalized spacial score (nSPS) is 24.2. The van der Waals surface area contributed by atoms with Gasteiger partial charge < -0.3 is 31.2 Å². The molecule has 26 heavy (non-hydrogen) atoms. The zero-order chi connectivity index (χ0) is 18.7. The zero-order valence-corrected chi connectivity index (χ0v) is 14.5. The molecule has 1 aromatic rings. The lowest BCUT2D eigenvalue weighted by Crippen LogP contribution is -2.54. The SMILES string of the molecule is NCCNC1CC(CC(=O)N[C@H]2Cc3cccc(C(=O)O)c3OB2O)C1. The van der Waals surface area contributed by atoms with Crippen LogP contribution in [-0.2, 0) is 11.2 Å². The van der Waals surface area contributed by atoms with Gasteiger partial charge in [-0.2, -0.15) is 0 Å². The first kappa shape index (κ1) is 18.7. The molecular weight excluding hydrogens is 337 g/mol. The molecule has 9 heteroatoms. The predicted octanol–water partition coefficient (Wildman–Crippen LogP) is -0.459. The molecule has 0 aromatic heterocycles. The van der Waals surface area contributed by atoms with Crippen LogP contribution in [0.5, 0.6) is 5.75 Å². The Hall–Kier alpha value is -2.10. The van der Waals surface area contributed by atoms with Gasteiger partial charge in [0.05, 0.1) is 11.5 Å². The summed E-state index contributed by atoms with van der Waals surface area (Å²) in [5, 5.41) is 25.5. The van der Waals surface area contributed by atoms with Crippen LogP contribution in [0.15, 0.2) is 18.2 Å². The zero-order valence-electron chi connectivity index (χ0n) is 14.5. The molecule has 140 valence electrons. The fourth-order valence-electron chi connectivity index (χ4n) is 3.60. The minimum Gasteiger partial charge on any atom is -0.534 e. The molecule has 1 atom stereocenters. The Balaban J connectivity index is 1.52. The Kier molecular flexibility index (Phi) is 5.80. The molecular formula is C17H24BN3O5. The number of fused-ring (bicyclic) bond motifs is 1. The number of carboxylic acid groups (broad SMARTS) is 1. The van der Waals surface area contributed by atoms with Crippen LogP contribution in [0.2, 0.25) is 0 Å². The van der Waals surface area contributed by atoms with Crippen molar-refractivity contribution in [1.29, 1.82) is 0 Å². The Morgan fingerprint density at radius 3 is 2.81 bits per heavy atom. The van der Waals surface area contributed by atoms with Gasteiger partial charge in [-0.3, -0.25) is 4.79 Å². The van der Waals surface area contributed by atoms with Crippen molar-refractivity contribution in [2.45, 2.75) is 37.7 Å². The lowest BCUT2D eigenvalue weighted by molar-refractivity contribution is -0.123. The van der Waals surface area contributed by atoms with Crippen LogP contribution < -0.4 is 21.0 Å². The van der Waals surface area contributed by atoms with Crippen LogP contribution in [0.4, 0.5) is 0 Å². The van der Waals surface area contributed by atoms with Crippen molar-refractivity contribution < 1.29 is 24.4 Å². The molecule has 0 bridgehead atoms. The molecule has 1 amide bonds. The molecule has 0 unspecified atom stereocenters. The van der Waals surface area contributed by atoms with E-state index in [2.05, 4.69) is 10.6 Å². The third-order valence-electron chi connectivity index (χ3n) is 4.98. The third-order valence-corrected chi connectivity index (χ3v) is 4.98. The number of nitrogens with two attached hydrogens (primary N) is 1. The minimum atomic E-state index is -1.27. The van der Waals surface area contributed by atoms with Crippen LogP contribution in [0.25, 0.3) is 0 Å². The molecule has 0 radical (unpaired) electrons. The number of para-hydroxylation sites is 1. The van der Waals surface area contributed by atoms with E-state index in [1.165, 1.54) is 6.07 Å². The predicted molar refractivity (Wildman–Crippen MR) is 95.8 cm³/mol. The highest BCUT2D eigenvalue weighted by molar-refractivity contribution is 6.47. The van der Waals surface area contributed by atoms with Crippen molar-refractivity contribution in [3.8, 4) is 5.75 Å². The average Bonchev–Trinajstić information content (AvgIpc) is 2.56. The van der Waals surface area contributed by atoms with Crippen molar-refractivity contribution in [3.63, 3.8) is 0 Å². The monoisotopic (exact) mass is 361 g/mol. The standard InChI is InChI=1S/C17H24BN3O5/c19-4-5-20-12-6-10(7-12)8-15(22)21-14-9-11-2-1-3-13(17(23)24)16(11)26-18(14)25/h1-3,10,12,14,20,25H,4-9,19H2,(H,21,22)(H,23,24)/t10?,12?,14-/m0/s1. The van der Waals surface area contributed by atoms with Gasteiger partial charge in [-0.1, -0.05) is 12.1 Å². The summed E-state index contributed by atoms with van der Waals surface area (Å²) in [5.41, 5.74) is 6.13. The van der Waals surface area contributed by atoms with Gasteiger partial charge in [0.2, 0.25) is 5.91 Å². The number of amides is 1. The molecule has 2 aliphatic rings. The number of rotatable bonds is 7. The maximum atomic E-state index is 12.3. The van der Waals surface area contributed by atoms with E-state index in [4.69, 9.17) is 10.4 Å². The number of hydrogen-bond acceptors (Lipinski definition) is 6. The second-order valence-electron chi connectivity index (χ2n) is 6.97. The number of benzene rings is 1. The topological polar surface area (TPSA) is 134 Å². The Morgan fingerprint density at radius 1 is 1.35 bits per heavy atom. The molecule has 1 heterocycles. The average molecular weight is 361 g/mol. The number of aromatic carboxylic acids is 1. The fourth-order valence-corrected chi connectivity index (χ4v) is 3.60. The summed E-state index contributed by atoms with van der Waals surface area (Å²) < 4.78 is 5.38. The number of nitrogens with one attached hydrogen (secondary N) is 2. The highest BCUT2D eigenvalue weighted by atomic mass is 16.5. The van der Waals surface area contributed by atoms with Gasteiger partial charge >= 0.3 is 13.1 Å². The van der Waals surface area contributed by atoms with Crippen LogP contribution in [0.3, 0.4) is 0 Å². The molecule has 0 spiro atoms. The largest absolute Gasteiger partial charge is 0.547 e. The van der Waals surface area contributed by atoms with Crippen molar-refractivity contribution in [3.05, 3.63) is 29.3 Å². The van der Waals surface area contributed by atoms with Gasteiger partial charge in [0.15, 0.2) is 0 Å². The summed E-state index contributed by atoms with van der Waals surface area (Å²) in [6, 6.07) is 5.23. The van der Waals surface area contributed by atoms with E-state index in [0.29, 0.717) is 36.9 Å². The molecule has 3 rings (SSSR count). The summed E-state index contributed by atoms with van der Waals surface area (Å²) in [4.78, 5) is 23.5. The first-order chi connectivity index (χ1) is 12.5. The van der Waals surface area contributed by atoms with Crippen molar-refractivity contribution in [2.75, 3.05) is 13.1 Å². The minimum absolute atomic E-state index is 0.0109. The lowest BCUT2D eigenvalue weighted by Gasteiger charge is -2.36. The Bertz CT molecular complexity index is 680. The summed E-state index contributed by atoms with van der Waals surface area (Å²) in [6.07, 6.45) is 2.63. The molecule has 6 N–H and O–H groups in total. The first-order valence-electron chi connectivity index (χ1n) is 8.90. The van der Waals surface area contributed by atoms with Gasteiger partial charge in [-0.25, -0.2) is 4.79 Å². The second-order valence-corrected chi connectivity index (χ2v) is 6.97. The smallest absolute Gasteiger partial charge is 0.534 e. The van der Waals surface area contributed by atoms with E-state index in [1.54, 1.807) is 12.1 Å². The Morgan fingerprint density at radius 2 is 2.12 bits per heavy atom. The van der Waals surface area contributed by atoms with Crippen LogP contribution in [-0.4, -0.2) is 54.2 Å². The maximum absolute atomic E-state index is 12.3. The molecule has 1 aromatic carbocycles. The molecule has 1 aliphatic heterocycles. The molecule has 1 aliphatic carbocycles. The summed E-state index contributed by atoms with van der Waals surface area (Å²) >= 11 is 0. The first-order valence-corrected chi connectivity index (χ1v) is 8.90. The quantitative estimate of drug-likeness (QED) is 0.415.